The van der Waals surface area contributed by atoms with Gasteiger partial charge in [0.25, 0.3) is 5.91 Å². The van der Waals surface area contributed by atoms with Gasteiger partial charge in [-0.3, -0.25) is 4.79 Å². The van der Waals surface area contributed by atoms with Gasteiger partial charge in [0.1, 0.15) is 5.82 Å². The number of carbonyl (C=O) groups is 1. The maximum absolute atomic E-state index is 13.4. The number of halogens is 1. The molecule has 0 saturated carbocycles. The van der Waals surface area contributed by atoms with E-state index in [2.05, 4.69) is 4.90 Å². The van der Waals surface area contributed by atoms with E-state index < -0.39 is 0 Å². The molecule has 2 aromatic rings. The van der Waals surface area contributed by atoms with E-state index in [-0.39, 0.29) is 11.7 Å². The van der Waals surface area contributed by atoms with Gasteiger partial charge in [0.05, 0.1) is 11.4 Å². The molecule has 0 N–H and O–H groups in total. The fourth-order valence-corrected chi connectivity index (χ4v) is 2.71. The van der Waals surface area contributed by atoms with Crippen molar-refractivity contribution in [1.82, 2.24) is 0 Å². The summed E-state index contributed by atoms with van der Waals surface area (Å²) < 4.78 is 13.4. The minimum absolute atomic E-state index is 0.155. The van der Waals surface area contributed by atoms with Gasteiger partial charge in [-0.15, -0.1) is 0 Å². The summed E-state index contributed by atoms with van der Waals surface area (Å²) in [4.78, 5) is 16.6. The molecule has 0 radical (unpaired) electrons. The Kier molecular flexibility index (Phi) is 3.60. The van der Waals surface area contributed by atoms with E-state index in [1.807, 2.05) is 31.3 Å². The first-order chi connectivity index (χ1) is 10.2. The number of fused-ring (bicyclic) bond motifs is 1. The van der Waals surface area contributed by atoms with E-state index in [1.54, 1.807) is 17.0 Å². The predicted octanol–water partition coefficient (Wildman–Crippen LogP) is 3.31. The molecule has 0 fully saturated rings. The Morgan fingerprint density at radius 1 is 1.05 bits per heavy atom. The Bertz CT molecular complexity index is 671. The van der Waals surface area contributed by atoms with Crippen LogP contribution in [-0.4, -0.2) is 26.0 Å². The van der Waals surface area contributed by atoms with E-state index in [9.17, 15) is 9.18 Å². The molecule has 1 amide bonds. The Morgan fingerprint density at radius 3 is 2.57 bits per heavy atom. The fourth-order valence-electron chi connectivity index (χ4n) is 2.71. The van der Waals surface area contributed by atoms with Gasteiger partial charge in [0.2, 0.25) is 0 Å². The highest BCUT2D eigenvalue weighted by molar-refractivity contribution is 6.07. The van der Waals surface area contributed by atoms with Gasteiger partial charge in [-0.05, 0) is 36.8 Å². The third-order valence-electron chi connectivity index (χ3n) is 3.78. The van der Waals surface area contributed by atoms with Gasteiger partial charge in [-0.2, -0.15) is 0 Å². The van der Waals surface area contributed by atoms with Crippen LogP contribution in [0.2, 0.25) is 0 Å². The molecule has 1 aliphatic rings. The summed E-state index contributed by atoms with van der Waals surface area (Å²) in [6, 6.07) is 13.7. The number of hydrogen-bond acceptors (Lipinski definition) is 2. The van der Waals surface area contributed by atoms with Crippen molar-refractivity contribution in [3.05, 3.63) is 59.9 Å². The third-order valence-corrected chi connectivity index (χ3v) is 3.78. The predicted molar refractivity (Wildman–Crippen MR) is 82.4 cm³/mol. The molecular weight excluding hydrogens is 267 g/mol. The molecule has 1 aliphatic heterocycles. The van der Waals surface area contributed by atoms with Gasteiger partial charge in [0.15, 0.2) is 0 Å². The zero-order chi connectivity index (χ0) is 14.8. The van der Waals surface area contributed by atoms with Crippen molar-refractivity contribution in [2.24, 2.45) is 0 Å². The number of nitrogens with zero attached hydrogens (tertiary/aromatic N) is 2. The normalized spacial score (nSPS) is 14.6. The van der Waals surface area contributed by atoms with Gasteiger partial charge in [-0.1, -0.05) is 18.2 Å². The molecule has 0 saturated heterocycles. The first-order valence-electron chi connectivity index (χ1n) is 7.04. The summed E-state index contributed by atoms with van der Waals surface area (Å²) in [7, 11) is 2.02. The summed E-state index contributed by atoms with van der Waals surface area (Å²) in [6.07, 6.45) is 0.881. The van der Waals surface area contributed by atoms with E-state index in [4.69, 9.17) is 0 Å². The first kappa shape index (κ1) is 13.6. The molecular formula is C17H17FN2O. The SMILES string of the molecule is CN1CCCN(C(=O)c2cccc(F)c2)c2ccccc21. The first-order valence-corrected chi connectivity index (χ1v) is 7.04. The third kappa shape index (κ3) is 2.61. The van der Waals surface area contributed by atoms with Crippen LogP contribution >= 0.6 is 0 Å². The van der Waals surface area contributed by atoms with Crippen LogP contribution in [0.3, 0.4) is 0 Å². The molecule has 108 valence electrons. The molecule has 3 rings (SSSR count). The zero-order valence-electron chi connectivity index (χ0n) is 11.9. The van der Waals surface area contributed by atoms with E-state index >= 15 is 0 Å². The Hall–Kier alpha value is -2.36. The molecule has 0 spiro atoms. The monoisotopic (exact) mass is 284 g/mol. The lowest BCUT2D eigenvalue weighted by Crippen LogP contribution is -2.31. The van der Waals surface area contributed by atoms with E-state index in [0.717, 1.165) is 24.3 Å². The number of amides is 1. The second-order valence-corrected chi connectivity index (χ2v) is 5.23. The smallest absolute Gasteiger partial charge is 0.258 e. The van der Waals surface area contributed by atoms with E-state index in [1.165, 1.54) is 12.1 Å². The van der Waals surface area contributed by atoms with Crippen molar-refractivity contribution in [1.29, 1.82) is 0 Å². The summed E-state index contributed by atoms with van der Waals surface area (Å²) in [5.74, 6) is -0.543. The molecule has 0 bridgehead atoms. The second-order valence-electron chi connectivity index (χ2n) is 5.23. The molecule has 1 heterocycles. The van der Waals surface area contributed by atoms with Crippen molar-refractivity contribution in [2.75, 3.05) is 29.9 Å². The molecule has 4 heteroatoms. The second kappa shape index (κ2) is 5.56. The highest BCUT2D eigenvalue weighted by atomic mass is 19.1. The lowest BCUT2D eigenvalue weighted by molar-refractivity contribution is 0.0987. The number of benzene rings is 2. The van der Waals surface area contributed by atoms with Crippen molar-refractivity contribution in [2.45, 2.75) is 6.42 Å². The number of hydrogen-bond donors (Lipinski definition) is 0. The lowest BCUT2D eigenvalue weighted by Gasteiger charge is -2.24. The molecule has 0 unspecified atom stereocenters. The maximum Gasteiger partial charge on any atom is 0.258 e. The summed E-state index contributed by atoms with van der Waals surface area (Å²) in [6.45, 7) is 1.53. The van der Waals surface area contributed by atoms with Crippen LogP contribution in [-0.2, 0) is 0 Å². The largest absolute Gasteiger partial charge is 0.373 e. The number of rotatable bonds is 1. The number of para-hydroxylation sites is 2. The van der Waals surface area contributed by atoms with Crippen LogP contribution < -0.4 is 9.80 Å². The average molecular weight is 284 g/mol. The topological polar surface area (TPSA) is 23.6 Å². The molecule has 0 aromatic heterocycles. The van der Waals surface area contributed by atoms with Crippen LogP contribution in [0.4, 0.5) is 15.8 Å². The van der Waals surface area contributed by atoms with Gasteiger partial charge < -0.3 is 9.80 Å². The van der Waals surface area contributed by atoms with Crippen LogP contribution in [0.25, 0.3) is 0 Å². The number of anilines is 2. The van der Waals surface area contributed by atoms with Crippen molar-refractivity contribution < 1.29 is 9.18 Å². The summed E-state index contributed by atoms with van der Waals surface area (Å²) in [5, 5.41) is 0. The van der Waals surface area contributed by atoms with Gasteiger partial charge >= 0.3 is 0 Å². The minimum atomic E-state index is -0.388. The average Bonchev–Trinajstić information content (AvgIpc) is 2.66. The van der Waals surface area contributed by atoms with Crippen LogP contribution in [0.5, 0.6) is 0 Å². The van der Waals surface area contributed by atoms with Crippen molar-refractivity contribution in [3.8, 4) is 0 Å². The fraction of sp³-hybridized carbons (Fsp3) is 0.235. The van der Waals surface area contributed by atoms with Crippen LogP contribution in [0.15, 0.2) is 48.5 Å². The summed E-state index contributed by atoms with van der Waals surface area (Å²) >= 11 is 0. The highest BCUT2D eigenvalue weighted by Crippen LogP contribution is 2.32. The van der Waals surface area contributed by atoms with E-state index in [0.29, 0.717) is 12.1 Å². The highest BCUT2D eigenvalue weighted by Gasteiger charge is 2.24. The van der Waals surface area contributed by atoms with Crippen molar-refractivity contribution in [3.63, 3.8) is 0 Å². The lowest BCUT2D eigenvalue weighted by atomic mass is 10.1. The van der Waals surface area contributed by atoms with Gasteiger partial charge in [-0.25, -0.2) is 4.39 Å². The minimum Gasteiger partial charge on any atom is -0.373 e. The number of carbonyl (C=O) groups excluding carboxylic acids is 1. The Balaban J connectivity index is 2.02. The molecule has 2 aromatic carbocycles. The molecule has 21 heavy (non-hydrogen) atoms. The van der Waals surface area contributed by atoms with Crippen molar-refractivity contribution >= 4 is 17.3 Å². The molecule has 0 atom stereocenters. The Labute approximate surface area is 123 Å². The summed E-state index contributed by atoms with van der Waals surface area (Å²) in [5.41, 5.74) is 2.29. The molecule has 0 aliphatic carbocycles. The van der Waals surface area contributed by atoms with Crippen LogP contribution in [0.1, 0.15) is 16.8 Å². The van der Waals surface area contributed by atoms with Gasteiger partial charge in [0, 0.05) is 25.7 Å². The standard InChI is InChI=1S/C17H17FN2O/c1-19-10-5-11-20(16-9-3-2-8-15(16)19)17(21)13-6-4-7-14(18)12-13/h2-4,6-9,12H,5,10-11H2,1H3. The maximum atomic E-state index is 13.4. The molecule has 3 nitrogen and oxygen atoms in total. The Morgan fingerprint density at radius 2 is 1.81 bits per heavy atom. The quantitative estimate of drug-likeness (QED) is 0.802. The van der Waals surface area contributed by atoms with Crippen LogP contribution in [0, 0.1) is 5.82 Å². The zero-order valence-corrected chi connectivity index (χ0v) is 11.9.